The van der Waals surface area contributed by atoms with Crippen LogP contribution in [0, 0.1) is 5.82 Å². The highest BCUT2D eigenvalue weighted by Crippen LogP contribution is 2.26. The maximum absolute atomic E-state index is 13.8. The molecule has 0 saturated carbocycles. The van der Waals surface area contributed by atoms with Crippen LogP contribution < -0.4 is 10.6 Å². The lowest BCUT2D eigenvalue weighted by molar-refractivity contribution is -0.175. The third kappa shape index (κ3) is 8.13. The number of nitrogens with one attached hydrogen (secondary N) is 2. The number of amides is 4. The van der Waals surface area contributed by atoms with E-state index in [1.165, 1.54) is 30.1 Å². The minimum Gasteiger partial charge on any atom is -0.357 e. The zero-order valence-electron chi connectivity index (χ0n) is 22.8. The summed E-state index contributed by atoms with van der Waals surface area (Å²) in [5.41, 5.74) is 0.857. The molecular weight excluding hydrogens is 603 g/mol. The Labute approximate surface area is 250 Å². The summed E-state index contributed by atoms with van der Waals surface area (Å²) >= 11 is 12.3. The van der Waals surface area contributed by atoms with Crippen molar-refractivity contribution in [2.75, 3.05) is 20.1 Å². The molecule has 8 nitrogen and oxygen atoms in total. The molecule has 1 saturated heterocycles. The molecule has 2 aromatic carbocycles. The van der Waals surface area contributed by atoms with Gasteiger partial charge < -0.3 is 20.4 Å². The Kier molecular flexibility index (Phi) is 11.2. The molecule has 1 aliphatic heterocycles. The predicted octanol–water partition coefficient (Wildman–Crippen LogP) is 3.92. The highest BCUT2D eigenvalue weighted by atomic mass is 35.5. The Morgan fingerprint density at radius 3 is 2.29 bits per heavy atom. The van der Waals surface area contributed by atoms with Gasteiger partial charge in [0.1, 0.15) is 23.9 Å². The van der Waals surface area contributed by atoms with Crippen LogP contribution in [-0.2, 0) is 32.0 Å². The highest BCUT2D eigenvalue weighted by molar-refractivity contribution is 6.35. The highest BCUT2D eigenvalue weighted by Gasteiger charge is 2.45. The van der Waals surface area contributed by atoms with E-state index in [0.29, 0.717) is 27.6 Å². The van der Waals surface area contributed by atoms with Crippen molar-refractivity contribution in [3.05, 3.63) is 69.5 Å². The summed E-state index contributed by atoms with van der Waals surface area (Å²) in [6.45, 7) is 1.55. The lowest BCUT2D eigenvalue weighted by atomic mass is 9.97. The van der Waals surface area contributed by atoms with Crippen molar-refractivity contribution in [2.45, 2.75) is 56.9 Å². The van der Waals surface area contributed by atoms with Crippen LogP contribution in [0.3, 0.4) is 0 Å². The minimum atomic E-state index is -5.26. The number of alkyl halides is 3. The largest absolute Gasteiger partial charge is 0.471 e. The average Bonchev–Trinajstić information content (AvgIpc) is 2.93. The van der Waals surface area contributed by atoms with Gasteiger partial charge in [-0.2, -0.15) is 13.2 Å². The van der Waals surface area contributed by atoms with E-state index >= 15 is 0 Å². The Morgan fingerprint density at radius 1 is 1.05 bits per heavy atom. The van der Waals surface area contributed by atoms with Crippen molar-refractivity contribution >= 4 is 46.8 Å². The van der Waals surface area contributed by atoms with Crippen LogP contribution >= 0.6 is 23.2 Å². The van der Waals surface area contributed by atoms with Gasteiger partial charge in [-0.15, -0.1) is 0 Å². The van der Waals surface area contributed by atoms with Crippen LogP contribution in [0.5, 0.6) is 0 Å². The van der Waals surface area contributed by atoms with E-state index in [0.717, 1.165) is 17.0 Å². The van der Waals surface area contributed by atoms with E-state index in [-0.39, 0.29) is 32.4 Å². The molecule has 0 bridgehead atoms. The molecule has 14 heteroatoms. The van der Waals surface area contributed by atoms with Crippen molar-refractivity contribution in [1.82, 2.24) is 20.4 Å². The van der Waals surface area contributed by atoms with Crippen molar-refractivity contribution in [2.24, 2.45) is 0 Å². The van der Waals surface area contributed by atoms with Crippen molar-refractivity contribution in [3.8, 4) is 0 Å². The van der Waals surface area contributed by atoms with Gasteiger partial charge in [-0.05, 0) is 41.8 Å². The maximum Gasteiger partial charge on any atom is 0.471 e. The lowest BCUT2D eigenvalue weighted by Crippen LogP contribution is -2.66. The second-order valence-electron chi connectivity index (χ2n) is 9.79. The number of hydrogen-bond donors (Lipinski definition) is 2. The SMILES string of the molecule is CCCC1C(=O)N(C(Cc2ccc(Cl)cc2Cl)C(=O)NC)CCN1C(=O)C(Cc1ccc(F)cc1)NC(=O)C(F)(F)F. The number of carbonyl (C=O) groups is 4. The van der Waals surface area contributed by atoms with Crippen molar-refractivity contribution < 1.29 is 36.7 Å². The van der Waals surface area contributed by atoms with Gasteiger partial charge in [-0.25, -0.2) is 4.39 Å². The van der Waals surface area contributed by atoms with E-state index in [9.17, 15) is 36.7 Å². The van der Waals surface area contributed by atoms with E-state index < -0.39 is 53.7 Å². The standard InChI is InChI=1S/C28H30Cl2F4N4O4/c1-3-4-22-26(41)38(23(24(39)35-2)14-17-7-8-18(29)15-20(17)30)12-11-37(22)25(40)21(36-27(42)28(32,33)34)13-16-5-9-19(31)10-6-16/h5-10,15,21-23H,3-4,11-14H2,1-2H3,(H,35,39)(H,36,42). The zero-order valence-corrected chi connectivity index (χ0v) is 24.3. The van der Waals surface area contributed by atoms with E-state index in [4.69, 9.17) is 23.2 Å². The monoisotopic (exact) mass is 632 g/mol. The molecule has 0 aromatic heterocycles. The van der Waals surface area contributed by atoms with Crippen LogP contribution in [0.25, 0.3) is 0 Å². The fourth-order valence-corrected chi connectivity index (χ4v) is 5.32. The van der Waals surface area contributed by atoms with E-state index in [1.54, 1.807) is 24.4 Å². The summed E-state index contributed by atoms with van der Waals surface area (Å²) in [6.07, 6.45) is -5.01. The second kappa shape index (κ2) is 14.2. The zero-order chi connectivity index (χ0) is 31.2. The Morgan fingerprint density at radius 2 is 1.71 bits per heavy atom. The molecule has 42 heavy (non-hydrogen) atoms. The Balaban J connectivity index is 1.91. The van der Waals surface area contributed by atoms with Gasteiger partial charge in [-0.1, -0.05) is 54.7 Å². The van der Waals surface area contributed by atoms with Gasteiger partial charge in [0.25, 0.3) is 0 Å². The third-order valence-corrected chi connectivity index (χ3v) is 7.53. The summed E-state index contributed by atoms with van der Waals surface area (Å²) < 4.78 is 52.8. The first-order valence-electron chi connectivity index (χ1n) is 13.1. The fourth-order valence-electron chi connectivity index (χ4n) is 4.84. The van der Waals surface area contributed by atoms with Crippen LogP contribution in [0.1, 0.15) is 30.9 Å². The van der Waals surface area contributed by atoms with E-state index in [1.807, 2.05) is 0 Å². The van der Waals surface area contributed by atoms with Crippen molar-refractivity contribution in [1.29, 1.82) is 0 Å². The summed E-state index contributed by atoms with van der Waals surface area (Å²) in [7, 11) is 1.41. The van der Waals surface area contributed by atoms with Crippen molar-refractivity contribution in [3.63, 3.8) is 0 Å². The van der Waals surface area contributed by atoms with Crippen LogP contribution in [0.4, 0.5) is 17.6 Å². The Hall–Kier alpha value is -3.38. The maximum atomic E-state index is 13.8. The van der Waals surface area contributed by atoms with Gasteiger partial charge in [0.2, 0.25) is 17.7 Å². The molecule has 0 radical (unpaired) electrons. The molecule has 0 aliphatic carbocycles. The topological polar surface area (TPSA) is 98.8 Å². The lowest BCUT2D eigenvalue weighted by Gasteiger charge is -2.44. The van der Waals surface area contributed by atoms with Crippen LogP contribution in [-0.4, -0.2) is 77.9 Å². The minimum absolute atomic E-state index is 0.0447. The average molecular weight is 633 g/mol. The molecule has 1 aliphatic rings. The molecule has 3 atom stereocenters. The number of halogens is 6. The number of carbonyl (C=O) groups excluding carboxylic acids is 4. The smallest absolute Gasteiger partial charge is 0.357 e. The first-order valence-corrected chi connectivity index (χ1v) is 13.9. The first-order chi connectivity index (χ1) is 19.8. The summed E-state index contributed by atoms with van der Waals surface area (Å²) in [6, 6.07) is 5.68. The van der Waals surface area contributed by atoms with Gasteiger partial charge in [0, 0.05) is 43.0 Å². The summed E-state index contributed by atoms with van der Waals surface area (Å²) in [5.74, 6) is -4.86. The number of rotatable bonds is 10. The second-order valence-corrected chi connectivity index (χ2v) is 10.6. The molecule has 1 heterocycles. The molecule has 228 valence electrons. The molecule has 3 rings (SSSR count). The molecular formula is C28H30Cl2F4N4O4. The molecule has 4 amide bonds. The molecule has 3 unspecified atom stereocenters. The van der Waals surface area contributed by atoms with Gasteiger partial charge in [0.05, 0.1) is 0 Å². The summed E-state index contributed by atoms with van der Waals surface area (Å²) in [4.78, 5) is 54.7. The number of likely N-dealkylation sites (N-methyl/N-ethyl adjacent to an activating group) is 1. The fraction of sp³-hybridized carbons (Fsp3) is 0.429. The number of hydrogen-bond acceptors (Lipinski definition) is 4. The molecule has 2 aromatic rings. The Bertz CT molecular complexity index is 1310. The van der Waals surface area contributed by atoms with Crippen LogP contribution in [0.2, 0.25) is 10.0 Å². The molecule has 1 fully saturated rings. The predicted molar refractivity (Wildman–Crippen MR) is 148 cm³/mol. The summed E-state index contributed by atoms with van der Waals surface area (Å²) in [5, 5.41) is 4.96. The first kappa shape index (κ1) is 33.1. The number of piperazine rings is 1. The normalized spacial score (nSPS) is 17.0. The van der Waals surface area contributed by atoms with Gasteiger partial charge in [0.15, 0.2) is 0 Å². The number of benzene rings is 2. The number of nitrogens with zero attached hydrogens (tertiary/aromatic N) is 2. The van der Waals surface area contributed by atoms with Gasteiger partial charge in [-0.3, -0.25) is 19.2 Å². The third-order valence-electron chi connectivity index (χ3n) is 6.94. The molecule has 2 N–H and O–H groups in total. The van der Waals surface area contributed by atoms with E-state index in [2.05, 4.69) is 5.32 Å². The quantitative estimate of drug-likeness (QED) is 0.388. The van der Waals surface area contributed by atoms with Crippen LogP contribution in [0.15, 0.2) is 42.5 Å². The molecule has 0 spiro atoms. The van der Waals surface area contributed by atoms with Gasteiger partial charge >= 0.3 is 12.1 Å².